The van der Waals surface area contributed by atoms with E-state index in [4.69, 9.17) is 14.2 Å². The molecule has 5 heteroatoms. The first-order valence-electron chi connectivity index (χ1n) is 6.47. The lowest BCUT2D eigenvalue weighted by atomic mass is 9.89. The predicted octanol–water partition coefficient (Wildman–Crippen LogP) is 0.934. The zero-order valence-electron chi connectivity index (χ0n) is 10.8. The summed E-state index contributed by atoms with van der Waals surface area (Å²) in [5.41, 5.74) is 1.09. The van der Waals surface area contributed by atoms with Crippen LogP contribution in [0, 0.1) is 5.92 Å². The topological polar surface area (TPSA) is 56.8 Å². The minimum atomic E-state index is -0.162. The van der Waals surface area contributed by atoms with Gasteiger partial charge < -0.3 is 19.5 Å². The van der Waals surface area contributed by atoms with Gasteiger partial charge >= 0.3 is 5.97 Å². The molecule has 1 fully saturated rings. The summed E-state index contributed by atoms with van der Waals surface area (Å²) in [4.78, 5) is 11.8. The molecule has 1 saturated heterocycles. The van der Waals surface area contributed by atoms with Crippen LogP contribution in [0.1, 0.15) is 11.5 Å². The molecule has 102 valence electrons. The van der Waals surface area contributed by atoms with Crippen LogP contribution in [-0.2, 0) is 9.53 Å². The van der Waals surface area contributed by atoms with Crippen LogP contribution >= 0.6 is 0 Å². The maximum absolute atomic E-state index is 11.8. The van der Waals surface area contributed by atoms with Gasteiger partial charge in [0.25, 0.3) is 0 Å². The number of benzene rings is 1. The van der Waals surface area contributed by atoms with E-state index in [1.807, 2.05) is 18.2 Å². The first-order valence-corrected chi connectivity index (χ1v) is 6.47. The summed E-state index contributed by atoms with van der Waals surface area (Å²) in [6, 6.07) is 5.89. The molecule has 0 bridgehead atoms. The van der Waals surface area contributed by atoms with Gasteiger partial charge in [-0.3, -0.25) is 4.79 Å². The second-order valence-electron chi connectivity index (χ2n) is 4.80. The molecule has 0 saturated carbocycles. The van der Waals surface area contributed by atoms with Gasteiger partial charge in [0.2, 0.25) is 0 Å². The molecule has 2 unspecified atom stereocenters. The molecule has 0 aliphatic carbocycles. The maximum atomic E-state index is 11.8. The van der Waals surface area contributed by atoms with E-state index < -0.39 is 0 Å². The van der Waals surface area contributed by atoms with Crippen LogP contribution in [0.2, 0.25) is 0 Å². The maximum Gasteiger partial charge on any atom is 0.310 e. The van der Waals surface area contributed by atoms with Crippen molar-refractivity contribution in [1.82, 2.24) is 5.32 Å². The minimum Gasteiger partial charge on any atom is -0.486 e. The van der Waals surface area contributed by atoms with Crippen molar-refractivity contribution in [2.75, 3.05) is 33.4 Å². The van der Waals surface area contributed by atoms with Crippen molar-refractivity contribution in [1.29, 1.82) is 0 Å². The Bertz CT molecular complexity index is 488. The van der Waals surface area contributed by atoms with E-state index in [-0.39, 0.29) is 17.8 Å². The Morgan fingerprint density at radius 1 is 1.26 bits per heavy atom. The number of nitrogens with one attached hydrogen (secondary N) is 1. The molecule has 19 heavy (non-hydrogen) atoms. The summed E-state index contributed by atoms with van der Waals surface area (Å²) in [5, 5.41) is 3.24. The lowest BCUT2D eigenvalue weighted by Crippen LogP contribution is -2.23. The molecule has 0 spiro atoms. The lowest BCUT2D eigenvalue weighted by molar-refractivity contribution is -0.145. The third-order valence-corrected chi connectivity index (χ3v) is 3.71. The zero-order valence-corrected chi connectivity index (χ0v) is 10.8. The van der Waals surface area contributed by atoms with Gasteiger partial charge in [-0.1, -0.05) is 6.07 Å². The van der Waals surface area contributed by atoms with E-state index >= 15 is 0 Å². The van der Waals surface area contributed by atoms with Gasteiger partial charge in [0.1, 0.15) is 13.2 Å². The van der Waals surface area contributed by atoms with Crippen LogP contribution < -0.4 is 14.8 Å². The van der Waals surface area contributed by atoms with Crippen LogP contribution in [-0.4, -0.2) is 39.4 Å². The smallest absolute Gasteiger partial charge is 0.310 e. The van der Waals surface area contributed by atoms with Crippen molar-refractivity contribution in [2.24, 2.45) is 5.92 Å². The number of esters is 1. The number of carbonyl (C=O) groups is 1. The Kier molecular flexibility index (Phi) is 3.29. The predicted molar refractivity (Wildman–Crippen MR) is 68.5 cm³/mol. The van der Waals surface area contributed by atoms with Crippen molar-refractivity contribution in [3.63, 3.8) is 0 Å². The summed E-state index contributed by atoms with van der Waals surface area (Å²) in [7, 11) is 1.43. The minimum absolute atomic E-state index is 0.128. The first-order chi connectivity index (χ1) is 9.29. The number of ether oxygens (including phenoxy) is 3. The molecule has 0 radical (unpaired) electrons. The molecule has 0 amide bonds. The van der Waals surface area contributed by atoms with E-state index in [2.05, 4.69) is 5.32 Å². The van der Waals surface area contributed by atoms with Gasteiger partial charge in [-0.2, -0.15) is 0 Å². The second-order valence-corrected chi connectivity index (χ2v) is 4.80. The average molecular weight is 263 g/mol. The molecular weight excluding hydrogens is 246 g/mol. The van der Waals surface area contributed by atoms with Gasteiger partial charge in [-0.05, 0) is 17.7 Å². The molecule has 1 aromatic carbocycles. The molecule has 0 aromatic heterocycles. The lowest BCUT2D eigenvalue weighted by Gasteiger charge is -2.22. The number of hydrogen-bond acceptors (Lipinski definition) is 5. The molecule has 2 aliphatic heterocycles. The third-order valence-electron chi connectivity index (χ3n) is 3.71. The van der Waals surface area contributed by atoms with Gasteiger partial charge in [-0.25, -0.2) is 0 Å². The molecule has 1 N–H and O–H groups in total. The summed E-state index contributed by atoms with van der Waals surface area (Å²) < 4.78 is 16.0. The Morgan fingerprint density at radius 2 is 2.05 bits per heavy atom. The first kappa shape index (κ1) is 12.3. The van der Waals surface area contributed by atoms with E-state index in [1.165, 1.54) is 7.11 Å². The average Bonchev–Trinajstić information content (AvgIpc) is 2.95. The Morgan fingerprint density at radius 3 is 2.84 bits per heavy atom. The van der Waals surface area contributed by atoms with Crippen LogP contribution in [0.4, 0.5) is 0 Å². The number of carbonyl (C=O) groups excluding carboxylic acids is 1. The van der Waals surface area contributed by atoms with Crippen molar-refractivity contribution in [2.45, 2.75) is 5.92 Å². The Balaban J connectivity index is 1.87. The third kappa shape index (κ3) is 2.26. The SMILES string of the molecule is COC(=O)C1CNCC1c1ccc2c(c1)OCCO2. The van der Waals surface area contributed by atoms with E-state index in [9.17, 15) is 4.79 Å². The number of fused-ring (bicyclic) bond motifs is 1. The highest BCUT2D eigenvalue weighted by Gasteiger charge is 2.35. The number of hydrogen-bond donors (Lipinski definition) is 1. The van der Waals surface area contributed by atoms with Crippen LogP contribution in [0.15, 0.2) is 18.2 Å². The standard InChI is InChI=1S/C14H17NO4/c1-17-14(16)11-8-15-7-10(11)9-2-3-12-13(6-9)19-5-4-18-12/h2-3,6,10-11,15H,4-5,7-8H2,1H3. The van der Waals surface area contributed by atoms with Crippen LogP contribution in [0.25, 0.3) is 0 Å². The monoisotopic (exact) mass is 263 g/mol. The van der Waals surface area contributed by atoms with E-state index in [0.717, 1.165) is 23.6 Å². The summed E-state index contributed by atoms with van der Waals surface area (Å²) in [5.74, 6) is 1.37. The van der Waals surface area contributed by atoms with Crippen LogP contribution in [0.5, 0.6) is 11.5 Å². The molecule has 3 rings (SSSR count). The second kappa shape index (κ2) is 5.09. The number of methoxy groups -OCH3 is 1. The molecule has 2 aliphatic rings. The highest BCUT2D eigenvalue weighted by molar-refractivity contribution is 5.74. The molecule has 1 aromatic rings. The quantitative estimate of drug-likeness (QED) is 0.805. The molecule has 5 nitrogen and oxygen atoms in total. The largest absolute Gasteiger partial charge is 0.486 e. The van der Waals surface area contributed by atoms with Crippen molar-refractivity contribution >= 4 is 5.97 Å². The Labute approximate surface area is 111 Å². The van der Waals surface area contributed by atoms with E-state index in [0.29, 0.717) is 19.8 Å². The number of rotatable bonds is 2. The highest BCUT2D eigenvalue weighted by atomic mass is 16.6. The molecule has 2 heterocycles. The van der Waals surface area contributed by atoms with Gasteiger partial charge in [0, 0.05) is 19.0 Å². The van der Waals surface area contributed by atoms with Crippen molar-refractivity contribution in [3.05, 3.63) is 23.8 Å². The van der Waals surface area contributed by atoms with Crippen molar-refractivity contribution in [3.8, 4) is 11.5 Å². The van der Waals surface area contributed by atoms with Gasteiger partial charge in [0.15, 0.2) is 11.5 Å². The van der Waals surface area contributed by atoms with Gasteiger partial charge in [-0.15, -0.1) is 0 Å². The van der Waals surface area contributed by atoms with Gasteiger partial charge in [0.05, 0.1) is 13.0 Å². The molecule has 2 atom stereocenters. The summed E-state index contributed by atoms with van der Waals surface area (Å²) in [6.45, 7) is 2.59. The summed E-state index contributed by atoms with van der Waals surface area (Å²) >= 11 is 0. The van der Waals surface area contributed by atoms with E-state index in [1.54, 1.807) is 0 Å². The summed E-state index contributed by atoms with van der Waals surface area (Å²) in [6.07, 6.45) is 0. The van der Waals surface area contributed by atoms with Crippen LogP contribution in [0.3, 0.4) is 0 Å². The Hall–Kier alpha value is -1.75. The normalized spacial score (nSPS) is 25.1. The fourth-order valence-electron chi connectivity index (χ4n) is 2.72. The molecular formula is C14H17NO4. The highest BCUT2D eigenvalue weighted by Crippen LogP contribution is 2.36. The zero-order chi connectivity index (χ0) is 13.2. The fraction of sp³-hybridized carbons (Fsp3) is 0.500. The fourth-order valence-corrected chi connectivity index (χ4v) is 2.72. The van der Waals surface area contributed by atoms with Crippen molar-refractivity contribution < 1.29 is 19.0 Å².